The minimum Gasteiger partial charge on any atom is -0.504 e. The Balaban J connectivity index is 1.81. The van der Waals surface area contributed by atoms with Crippen LogP contribution in [0.2, 0.25) is 0 Å². The van der Waals surface area contributed by atoms with E-state index in [4.69, 9.17) is 9.47 Å². The molecule has 0 spiro atoms. The van der Waals surface area contributed by atoms with Crippen molar-refractivity contribution >= 4 is 23.8 Å². The van der Waals surface area contributed by atoms with Crippen LogP contribution in [0.1, 0.15) is 16.5 Å². The predicted octanol–water partition coefficient (Wildman–Crippen LogP) is 3.24. The van der Waals surface area contributed by atoms with E-state index in [1.807, 2.05) is 30.3 Å². The van der Waals surface area contributed by atoms with Gasteiger partial charge in [-0.3, -0.25) is 4.90 Å². The average Bonchev–Trinajstić information content (AvgIpc) is 3.12. The highest BCUT2D eigenvalue weighted by atomic mass is 32.2. The lowest BCUT2D eigenvalue weighted by molar-refractivity contribution is -0.141. The number of hydrogen-bond acceptors (Lipinski definition) is 6. The monoisotopic (exact) mass is 389 g/mol. The fourth-order valence-corrected chi connectivity index (χ4v) is 4.23. The topological polar surface area (TPSA) is 96.3 Å². The number of carboxylic acids is 1. The summed E-state index contributed by atoms with van der Waals surface area (Å²) in [6, 6.07) is 12.9. The lowest BCUT2D eigenvalue weighted by atomic mass is 10.1. The van der Waals surface area contributed by atoms with Gasteiger partial charge >= 0.3 is 12.1 Å². The second kappa shape index (κ2) is 8.22. The Morgan fingerprint density at radius 1 is 1.22 bits per heavy atom. The summed E-state index contributed by atoms with van der Waals surface area (Å²) in [5.41, 5.74) is 1.40. The summed E-state index contributed by atoms with van der Waals surface area (Å²) < 4.78 is 10.4. The van der Waals surface area contributed by atoms with Gasteiger partial charge in [0.15, 0.2) is 11.5 Å². The van der Waals surface area contributed by atoms with Gasteiger partial charge in [-0.25, -0.2) is 9.59 Å². The number of carbonyl (C=O) groups excluding carboxylic acids is 1. The maximum absolute atomic E-state index is 12.7. The van der Waals surface area contributed by atoms with E-state index in [9.17, 15) is 19.8 Å². The Kier molecular flexibility index (Phi) is 5.75. The number of carbonyl (C=O) groups is 2. The van der Waals surface area contributed by atoms with E-state index in [1.165, 1.54) is 29.8 Å². The molecule has 1 aliphatic heterocycles. The van der Waals surface area contributed by atoms with Crippen LogP contribution in [-0.4, -0.2) is 46.1 Å². The SMILES string of the molecule is COc1ccc(C2SC[C@@H](C(=O)O)N2C(=O)OCc2ccccc2)cc1O. The molecule has 2 aromatic carbocycles. The number of methoxy groups -OCH3 is 1. The van der Waals surface area contributed by atoms with Gasteiger partial charge in [-0.05, 0) is 23.3 Å². The van der Waals surface area contributed by atoms with E-state index in [1.54, 1.807) is 12.1 Å². The zero-order chi connectivity index (χ0) is 19.4. The third-order valence-electron chi connectivity index (χ3n) is 4.19. The lowest BCUT2D eigenvalue weighted by Gasteiger charge is -2.27. The largest absolute Gasteiger partial charge is 0.504 e. The molecule has 3 rings (SSSR count). The highest BCUT2D eigenvalue weighted by Crippen LogP contribution is 2.43. The molecule has 2 aromatic rings. The summed E-state index contributed by atoms with van der Waals surface area (Å²) in [6.07, 6.45) is -0.712. The van der Waals surface area contributed by atoms with Gasteiger partial charge in [0.1, 0.15) is 18.0 Å². The number of thioether (sulfide) groups is 1. The number of aromatic hydroxyl groups is 1. The summed E-state index contributed by atoms with van der Waals surface area (Å²) in [7, 11) is 1.44. The number of phenols is 1. The molecule has 0 aliphatic carbocycles. The van der Waals surface area contributed by atoms with Crippen molar-refractivity contribution in [2.75, 3.05) is 12.9 Å². The number of benzene rings is 2. The smallest absolute Gasteiger partial charge is 0.412 e. The van der Waals surface area contributed by atoms with Gasteiger partial charge in [-0.2, -0.15) is 0 Å². The second-order valence-corrected chi connectivity index (χ2v) is 7.03. The van der Waals surface area contributed by atoms with Crippen LogP contribution in [0.15, 0.2) is 48.5 Å². The molecule has 7 nitrogen and oxygen atoms in total. The van der Waals surface area contributed by atoms with Crippen LogP contribution in [0.4, 0.5) is 4.79 Å². The van der Waals surface area contributed by atoms with Crippen LogP contribution in [-0.2, 0) is 16.1 Å². The lowest BCUT2D eigenvalue weighted by Crippen LogP contribution is -2.43. The Morgan fingerprint density at radius 3 is 2.59 bits per heavy atom. The summed E-state index contributed by atoms with van der Waals surface area (Å²) in [6.45, 7) is 0.0494. The van der Waals surface area contributed by atoms with Gasteiger partial charge in [0.05, 0.1) is 7.11 Å². The minimum atomic E-state index is -1.10. The number of phenolic OH excluding ortho intramolecular Hbond substituents is 1. The Morgan fingerprint density at radius 2 is 1.96 bits per heavy atom. The molecule has 1 fully saturated rings. The molecule has 0 radical (unpaired) electrons. The van der Waals surface area contributed by atoms with Crippen molar-refractivity contribution in [1.82, 2.24) is 4.90 Å². The summed E-state index contributed by atoms with van der Waals surface area (Å²) in [5, 5.41) is 18.9. The third-order valence-corrected chi connectivity index (χ3v) is 5.51. The molecule has 1 unspecified atom stereocenters. The second-order valence-electron chi connectivity index (χ2n) is 5.92. The van der Waals surface area contributed by atoms with E-state index in [-0.39, 0.29) is 18.1 Å². The molecule has 1 amide bonds. The van der Waals surface area contributed by atoms with Crippen LogP contribution in [0.5, 0.6) is 11.5 Å². The van der Waals surface area contributed by atoms with Gasteiger partial charge in [0.2, 0.25) is 0 Å². The van der Waals surface area contributed by atoms with Gasteiger partial charge in [0, 0.05) is 5.75 Å². The molecular weight excluding hydrogens is 370 g/mol. The summed E-state index contributed by atoms with van der Waals surface area (Å²) in [4.78, 5) is 25.5. The van der Waals surface area contributed by atoms with Crippen LogP contribution in [0, 0.1) is 0 Å². The average molecular weight is 389 g/mol. The number of nitrogens with zero attached hydrogens (tertiary/aromatic N) is 1. The molecule has 2 N–H and O–H groups in total. The number of carboxylic acid groups (broad SMARTS) is 1. The first-order valence-electron chi connectivity index (χ1n) is 8.21. The number of rotatable bonds is 5. The standard InChI is InChI=1S/C19H19NO6S/c1-25-16-8-7-13(9-15(16)21)17-20(14(11-27-17)18(22)23)19(24)26-10-12-5-3-2-4-6-12/h2-9,14,17,21H,10-11H2,1H3,(H,22,23)/t14-,17?/m0/s1. The Labute approximate surface area is 160 Å². The van der Waals surface area contributed by atoms with E-state index >= 15 is 0 Å². The number of ether oxygens (including phenoxy) is 2. The highest BCUT2D eigenvalue weighted by Gasteiger charge is 2.43. The van der Waals surface area contributed by atoms with Crippen molar-refractivity contribution in [2.45, 2.75) is 18.0 Å². The third kappa shape index (κ3) is 4.11. The molecule has 8 heteroatoms. The molecule has 1 heterocycles. The van der Waals surface area contributed by atoms with Gasteiger partial charge in [-0.1, -0.05) is 36.4 Å². The van der Waals surface area contributed by atoms with E-state index in [0.717, 1.165) is 5.56 Å². The minimum absolute atomic E-state index is 0.0494. The first kappa shape index (κ1) is 18.9. The van der Waals surface area contributed by atoms with E-state index in [0.29, 0.717) is 11.3 Å². The highest BCUT2D eigenvalue weighted by molar-refractivity contribution is 7.99. The first-order valence-corrected chi connectivity index (χ1v) is 9.26. The molecule has 27 heavy (non-hydrogen) atoms. The molecule has 1 aliphatic rings. The number of amides is 1. The molecule has 1 saturated heterocycles. The zero-order valence-corrected chi connectivity index (χ0v) is 15.4. The summed E-state index contributed by atoms with van der Waals surface area (Å²) >= 11 is 1.30. The van der Waals surface area contributed by atoms with Crippen molar-refractivity contribution < 1.29 is 29.3 Å². The fraction of sp³-hybridized carbons (Fsp3) is 0.263. The predicted molar refractivity (Wildman–Crippen MR) is 99.7 cm³/mol. The first-order chi connectivity index (χ1) is 13.0. The van der Waals surface area contributed by atoms with Crippen molar-refractivity contribution in [3.63, 3.8) is 0 Å². The molecule has 0 aromatic heterocycles. The van der Waals surface area contributed by atoms with Gasteiger partial charge < -0.3 is 19.7 Å². The normalized spacial score (nSPS) is 18.9. The molecule has 142 valence electrons. The van der Waals surface area contributed by atoms with Gasteiger partial charge in [0.25, 0.3) is 0 Å². The molecule has 0 saturated carbocycles. The van der Waals surface area contributed by atoms with Crippen molar-refractivity contribution in [3.8, 4) is 11.5 Å². The van der Waals surface area contributed by atoms with Crippen LogP contribution in [0.25, 0.3) is 0 Å². The fourth-order valence-electron chi connectivity index (χ4n) is 2.83. The number of hydrogen-bond donors (Lipinski definition) is 2. The maximum atomic E-state index is 12.7. The molecule has 2 atom stereocenters. The van der Waals surface area contributed by atoms with Crippen LogP contribution in [0.3, 0.4) is 0 Å². The molecular formula is C19H19NO6S. The number of aliphatic carboxylic acids is 1. The van der Waals surface area contributed by atoms with Gasteiger partial charge in [-0.15, -0.1) is 11.8 Å². The molecule has 0 bridgehead atoms. The summed E-state index contributed by atoms with van der Waals surface area (Å²) in [5.74, 6) is -0.645. The van der Waals surface area contributed by atoms with Crippen molar-refractivity contribution in [2.24, 2.45) is 0 Å². The van der Waals surface area contributed by atoms with Crippen LogP contribution < -0.4 is 4.74 Å². The van der Waals surface area contributed by atoms with Crippen LogP contribution >= 0.6 is 11.8 Å². The Bertz CT molecular complexity index is 828. The van der Waals surface area contributed by atoms with Crippen molar-refractivity contribution in [3.05, 3.63) is 59.7 Å². The maximum Gasteiger partial charge on any atom is 0.412 e. The quantitative estimate of drug-likeness (QED) is 0.810. The van der Waals surface area contributed by atoms with E-state index < -0.39 is 23.5 Å². The zero-order valence-electron chi connectivity index (χ0n) is 14.6. The Hall–Kier alpha value is -2.87. The van der Waals surface area contributed by atoms with E-state index in [2.05, 4.69) is 0 Å². The van der Waals surface area contributed by atoms with Crippen molar-refractivity contribution in [1.29, 1.82) is 0 Å².